The number of para-hydroxylation sites is 1. The molecule has 0 spiro atoms. The molecule has 0 aliphatic carbocycles. The molecule has 7 heteroatoms. The smallest absolute Gasteiger partial charge is 0.331 e. The highest BCUT2D eigenvalue weighted by molar-refractivity contribution is 5.99. The van der Waals surface area contributed by atoms with Crippen molar-refractivity contribution in [2.45, 2.75) is 20.0 Å². The maximum Gasteiger partial charge on any atom is 0.331 e. The van der Waals surface area contributed by atoms with Crippen LogP contribution in [0.15, 0.2) is 76.3 Å². The highest BCUT2D eigenvalue weighted by atomic mass is 16.5. The van der Waals surface area contributed by atoms with Crippen LogP contribution in [0, 0.1) is 13.8 Å². The molecule has 1 atom stereocenters. The van der Waals surface area contributed by atoms with E-state index in [4.69, 9.17) is 9.47 Å². The molecule has 0 fully saturated rings. The third kappa shape index (κ3) is 3.20. The van der Waals surface area contributed by atoms with E-state index in [0.717, 1.165) is 33.6 Å². The summed E-state index contributed by atoms with van der Waals surface area (Å²) in [5.41, 5.74) is 5.91. The Balaban J connectivity index is 1.90. The second kappa shape index (κ2) is 8.27. The molecule has 0 saturated heterocycles. The number of hydrogen-bond acceptors (Lipinski definition) is 4. The van der Waals surface area contributed by atoms with E-state index in [2.05, 4.69) is 10.6 Å². The molecule has 2 aromatic heterocycles. The van der Waals surface area contributed by atoms with Crippen LogP contribution in [0.4, 0.5) is 0 Å². The molecule has 0 bridgehead atoms. The van der Waals surface area contributed by atoms with Crippen LogP contribution >= 0.6 is 0 Å². The average Bonchev–Trinajstić information content (AvgIpc) is 3.27. The van der Waals surface area contributed by atoms with Crippen molar-refractivity contribution in [3.63, 3.8) is 0 Å². The summed E-state index contributed by atoms with van der Waals surface area (Å²) in [5, 5.41) is 0.478. The minimum atomic E-state index is -0.621. The third-order valence-corrected chi connectivity index (χ3v) is 7.28. The normalized spacial score (nSPS) is 14.2. The molecular formula is C30H27N3O4. The number of hydrogen-bond donors (Lipinski definition) is 0. The highest BCUT2D eigenvalue weighted by Crippen LogP contribution is 2.48. The van der Waals surface area contributed by atoms with Crippen LogP contribution in [0.25, 0.3) is 27.8 Å². The van der Waals surface area contributed by atoms with E-state index in [0.29, 0.717) is 28.1 Å². The Hall–Kier alpha value is -4.52. The molecule has 3 aromatic carbocycles. The van der Waals surface area contributed by atoms with E-state index < -0.39 is 11.8 Å². The van der Waals surface area contributed by atoms with E-state index >= 15 is 0 Å². The highest BCUT2D eigenvalue weighted by Gasteiger charge is 2.37. The molecule has 0 N–H and O–H groups in total. The molecule has 3 heterocycles. The predicted octanol–water partition coefficient (Wildman–Crippen LogP) is 4.80. The topological polar surface area (TPSA) is 67.4 Å². The van der Waals surface area contributed by atoms with Crippen LogP contribution < -0.4 is 20.7 Å². The van der Waals surface area contributed by atoms with Crippen molar-refractivity contribution in [2.24, 2.45) is 14.1 Å². The predicted molar refractivity (Wildman–Crippen MR) is 144 cm³/mol. The molecular weight excluding hydrogens is 466 g/mol. The van der Waals surface area contributed by atoms with Crippen molar-refractivity contribution in [1.82, 2.24) is 13.7 Å². The van der Waals surface area contributed by atoms with Gasteiger partial charge in [0.25, 0.3) is 5.56 Å². The first-order valence-corrected chi connectivity index (χ1v) is 12.1. The van der Waals surface area contributed by atoms with Gasteiger partial charge in [-0.2, -0.15) is 0 Å². The number of nitrogens with zero attached hydrogens (tertiary/aromatic N) is 3. The van der Waals surface area contributed by atoms with Crippen molar-refractivity contribution in [1.29, 1.82) is 0 Å². The molecule has 6 rings (SSSR count). The summed E-state index contributed by atoms with van der Waals surface area (Å²) >= 11 is 0. The van der Waals surface area contributed by atoms with Crippen molar-refractivity contribution in [2.75, 3.05) is 7.11 Å². The molecule has 1 unspecified atom stereocenters. The molecule has 1 aliphatic heterocycles. The zero-order valence-electron chi connectivity index (χ0n) is 21.4. The summed E-state index contributed by atoms with van der Waals surface area (Å²) in [6.07, 6.45) is -0.621. The molecule has 0 radical (unpaired) electrons. The quantitative estimate of drug-likeness (QED) is 0.362. The molecule has 186 valence electrons. The van der Waals surface area contributed by atoms with Crippen molar-refractivity contribution >= 4 is 10.9 Å². The first-order chi connectivity index (χ1) is 17.8. The standard InChI is InChI=1S/C30H27N3O4/c1-17-14-15-23-21(16-17)33-25(19-11-7-6-10-18(19)2)24-26(31(3)30(35)32(4)29(24)34)27(33)28(37-23)20-12-8-9-13-22(20)36-5/h6-16,28H,1-5H3. The van der Waals surface area contributed by atoms with E-state index in [9.17, 15) is 9.59 Å². The Labute approximate surface area is 213 Å². The lowest BCUT2D eigenvalue weighted by molar-refractivity contribution is 0.223. The number of aromatic nitrogens is 3. The zero-order chi connectivity index (χ0) is 26.0. The third-order valence-electron chi connectivity index (χ3n) is 7.28. The van der Waals surface area contributed by atoms with Crippen LogP contribution in [0.5, 0.6) is 11.5 Å². The van der Waals surface area contributed by atoms with Gasteiger partial charge in [0, 0.05) is 25.2 Å². The maximum absolute atomic E-state index is 13.8. The van der Waals surface area contributed by atoms with Crippen LogP contribution in [0.1, 0.15) is 28.5 Å². The maximum atomic E-state index is 13.8. The zero-order valence-corrected chi connectivity index (χ0v) is 21.4. The van der Waals surface area contributed by atoms with Gasteiger partial charge in [-0.15, -0.1) is 0 Å². The average molecular weight is 494 g/mol. The van der Waals surface area contributed by atoms with Crippen molar-refractivity contribution in [3.8, 4) is 28.4 Å². The summed E-state index contributed by atoms with van der Waals surface area (Å²) in [6.45, 7) is 4.06. The Kier molecular flexibility index (Phi) is 5.12. The molecule has 1 aliphatic rings. The van der Waals surface area contributed by atoms with Gasteiger partial charge in [-0.3, -0.25) is 13.9 Å². The van der Waals surface area contributed by atoms with E-state index in [1.165, 1.54) is 11.6 Å². The van der Waals surface area contributed by atoms with Crippen molar-refractivity contribution in [3.05, 3.63) is 110 Å². The van der Waals surface area contributed by atoms with Crippen LogP contribution in [-0.2, 0) is 14.1 Å². The SMILES string of the molecule is COc1ccccc1C1Oc2ccc(C)cc2-n2c(-c3ccccc3C)c3c(=O)n(C)c(=O)n(C)c3c21. The van der Waals surface area contributed by atoms with Crippen LogP contribution in [0.2, 0.25) is 0 Å². The lowest BCUT2D eigenvalue weighted by Crippen LogP contribution is -2.37. The van der Waals surface area contributed by atoms with Crippen molar-refractivity contribution < 1.29 is 9.47 Å². The number of aryl methyl sites for hydroxylation is 3. The minimum absolute atomic E-state index is 0.341. The molecule has 0 saturated carbocycles. The number of rotatable bonds is 3. The van der Waals surface area contributed by atoms with Gasteiger partial charge < -0.3 is 14.0 Å². The molecule has 7 nitrogen and oxygen atoms in total. The lowest BCUT2D eigenvalue weighted by Gasteiger charge is -2.31. The fraction of sp³-hybridized carbons (Fsp3) is 0.200. The molecule has 5 aromatic rings. The number of methoxy groups -OCH3 is 1. The van der Waals surface area contributed by atoms with Gasteiger partial charge in [-0.05, 0) is 43.2 Å². The first kappa shape index (κ1) is 22.9. The number of fused-ring (bicyclic) bond motifs is 5. The second-order valence-corrected chi connectivity index (χ2v) is 9.52. The van der Waals surface area contributed by atoms with Gasteiger partial charge in [0.1, 0.15) is 11.5 Å². The number of ether oxygens (including phenoxy) is 2. The lowest BCUT2D eigenvalue weighted by atomic mass is 10.0. The summed E-state index contributed by atoms with van der Waals surface area (Å²) in [7, 11) is 4.85. The van der Waals surface area contributed by atoms with Gasteiger partial charge in [-0.1, -0.05) is 48.5 Å². The Morgan fingerprint density at radius 3 is 2.38 bits per heavy atom. The fourth-order valence-electron chi connectivity index (χ4n) is 5.46. The summed E-state index contributed by atoms with van der Waals surface area (Å²) in [4.78, 5) is 27.1. The van der Waals surface area contributed by atoms with Gasteiger partial charge in [-0.25, -0.2) is 4.79 Å². The minimum Gasteiger partial charge on any atom is -0.496 e. The van der Waals surface area contributed by atoms with E-state index in [1.54, 1.807) is 18.7 Å². The summed E-state index contributed by atoms with van der Waals surface area (Å²) < 4.78 is 17.2. The molecule has 37 heavy (non-hydrogen) atoms. The Bertz CT molecular complexity index is 1840. The molecule has 0 amide bonds. The summed E-state index contributed by atoms with van der Waals surface area (Å²) in [5.74, 6) is 1.35. The van der Waals surface area contributed by atoms with E-state index in [1.807, 2.05) is 74.5 Å². The monoisotopic (exact) mass is 493 g/mol. The van der Waals surface area contributed by atoms with Gasteiger partial charge in [0.2, 0.25) is 0 Å². The largest absolute Gasteiger partial charge is 0.496 e. The first-order valence-electron chi connectivity index (χ1n) is 12.1. The van der Waals surface area contributed by atoms with Gasteiger partial charge in [0.05, 0.1) is 35.1 Å². The number of benzene rings is 3. The summed E-state index contributed by atoms with van der Waals surface area (Å²) in [6, 6.07) is 21.7. The van der Waals surface area contributed by atoms with Gasteiger partial charge >= 0.3 is 5.69 Å². The Morgan fingerprint density at radius 2 is 1.62 bits per heavy atom. The Morgan fingerprint density at radius 1 is 0.892 bits per heavy atom. The second-order valence-electron chi connectivity index (χ2n) is 9.52. The van der Waals surface area contributed by atoms with Crippen LogP contribution in [-0.4, -0.2) is 20.8 Å². The van der Waals surface area contributed by atoms with Crippen LogP contribution in [0.3, 0.4) is 0 Å². The fourth-order valence-corrected chi connectivity index (χ4v) is 5.46. The van der Waals surface area contributed by atoms with E-state index in [-0.39, 0.29) is 5.56 Å². The van der Waals surface area contributed by atoms with Gasteiger partial charge in [0.15, 0.2) is 6.10 Å².